The van der Waals surface area contributed by atoms with E-state index in [9.17, 15) is 8.78 Å². The molecule has 0 aliphatic carbocycles. The van der Waals surface area contributed by atoms with Crippen molar-refractivity contribution in [1.29, 1.82) is 0 Å². The van der Waals surface area contributed by atoms with E-state index in [1.807, 2.05) is 0 Å². The zero-order valence-corrected chi connectivity index (χ0v) is 9.62. The molecule has 14 heavy (non-hydrogen) atoms. The first-order valence-corrected chi connectivity index (χ1v) is 5.48. The van der Waals surface area contributed by atoms with Crippen LogP contribution in [0.5, 0.6) is 0 Å². The van der Waals surface area contributed by atoms with Gasteiger partial charge in [0.05, 0.1) is 4.70 Å². The largest absolute Gasteiger partial charge is 0.288 e. The molecule has 74 valence electrons. The van der Waals surface area contributed by atoms with E-state index in [0.717, 1.165) is 27.6 Å². The van der Waals surface area contributed by atoms with Crippen LogP contribution < -0.4 is 0 Å². The van der Waals surface area contributed by atoms with Crippen molar-refractivity contribution in [3.05, 3.63) is 28.4 Å². The zero-order valence-electron chi connectivity index (χ0n) is 7.22. The van der Waals surface area contributed by atoms with Gasteiger partial charge in [0.2, 0.25) is 0 Å². The summed E-state index contributed by atoms with van der Waals surface area (Å²) in [5.74, 6) is -2.87. The smallest absolute Gasteiger partial charge is 0.200 e. The predicted molar refractivity (Wildman–Crippen MR) is 56.9 cm³/mol. The number of halogens is 3. The molecule has 0 radical (unpaired) electrons. The normalized spacial score (nSPS) is 12.3. The molecular weight excluding hydrogens is 272 g/mol. The number of hydrogen-bond acceptors (Lipinski definition) is 2. The Balaban J connectivity index is 2.70. The van der Waals surface area contributed by atoms with E-state index in [1.54, 1.807) is 18.2 Å². The van der Waals surface area contributed by atoms with Crippen LogP contribution in [0.15, 0.2) is 22.7 Å². The van der Waals surface area contributed by atoms with Gasteiger partial charge in [-0.2, -0.15) is 13.2 Å². The molecule has 2 rings (SSSR count). The first kappa shape index (κ1) is 9.98. The van der Waals surface area contributed by atoms with Gasteiger partial charge in [-0.15, -0.1) is 0 Å². The second kappa shape index (κ2) is 3.24. The summed E-state index contributed by atoms with van der Waals surface area (Å²) in [4.78, 5) is 0. The molecule has 0 atom stereocenters. The summed E-state index contributed by atoms with van der Waals surface area (Å²) >= 11 is 4.38. The van der Waals surface area contributed by atoms with Gasteiger partial charge in [0, 0.05) is 16.8 Å². The lowest BCUT2D eigenvalue weighted by Crippen LogP contribution is -2.07. The van der Waals surface area contributed by atoms with Gasteiger partial charge in [0.25, 0.3) is 5.92 Å². The summed E-state index contributed by atoms with van der Waals surface area (Å²) in [6, 6.07) is 5.20. The number of aromatic nitrogens is 1. The van der Waals surface area contributed by atoms with Crippen LogP contribution in [0.2, 0.25) is 0 Å². The molecule has 0 amide bonds. The third kappa shape index (κ3) is 1.66. The highest BCUT2D eigenvalue weighted by atomic mass is 79.9. The van der Waals surface area contributed by atoms with Crippen LogP contribution in [0.1, 0.15) is 12.6 Å². The Morgan fingerprint density at radius 1 is 1.43 bits per heavy atom. The Morgan fingerprint density at radius 3 is 2.79 bits per heavy atom. The summed E-state index contributed by atoms with van der Waals surface area (Å²) in [5.41, 5.74) is -0.134. The minimum absolute atomic E-state index is 0.134. The molecule has 0 aliphatic heterocycles. The molecule has 0 saturated heterocycles. The van der Waals surface area contributed by atoms with Crippen molar-refractivity contribution in [3.63, 3.8) is 0 Å². The average Bonchev–Trinajstić information content (AvgIpc) is 2.45. The van der Waals surface area contributed by atoms with Gasteiger partial charge in [0.15, 0.2) is 0 Å². The van der Waals surface area contributed by atoms with Crippen LogP contribution in [0.25, 0.3) is 10.1 Å². The fourth-order valence-corrected chi connectivity index (χ4v) is 2.63. The third-order valence-electron chi connectivity index (χ3n) is 1.85. The fourth-order valence-electron chi connectivity index (χ4n) is 1.23. The van der Waals surface area contributed by atoms with Gasteiger partial charge in [0.1, 0.15) is 5.69 Å². The van der Waals surface area contributed by atoms with E-state index in [1.165, 1.54) is 0 Å². The standard InChI is InChI=1S/C9H6BrF2NS/c1-9(11,12)8-6-3-2-5(10)4-7(6)14-13-8/h2-4H,1H3. The van der Waals surface area contributed by atoms with Gasteiger partial charge < -0.3 is 0 Å². The second-order valence-corrected chi connectivity index (χ2v) is 4.78. The van der Waals surface area contributed by atoms with E-state index in [0.29, 0.717) is 5.39 Å². The molecule has 1 nitrogen and oxygen atoms in total. The highest BCUT2D eigenvalue weighted by Crippen LogP contribution is 2.35. The molecule has 0 aliphatic rings. The van der Waals surface area contributed by atoms with E-state index in [4.69, 9.17) is 0 Å². The Bertz CT molecular complexity index is 475. The van der Waals surface area contributed by atoms with Gasteiger partial charge in [-0.1, -0.05) is 22.0 Å². The van der Waals surface area contributed by atoms with E-state index >= 15 is 0 Å². The predicted octanol–water partition coefficient (Wildman–Crippen LogP) is 4.17. The van der Waals surface area contributed by atoms with Crippen LogP contribution in [-0.4, -0.2) is 4.37 Å². The maximum Gasteiger partial charge on any atom is 0.288 e. The Labute approximate surface area is 92.0 Å². The van der Waals surface area contributed by atoms with Gasteiger partial charge >= 0.3 is 0 Å². The number of nitrogens with zero attached hydrogens (tertiary/aromatic N) is 1. The fraction of sp³-hybridized carbons (Fsp3) is 0.222. The highest BCUT2D eigenvalue weighted by molar-refractivity contribution is 9.10. The zero-order chi connectivity index (χ0) is 10.3. The van der Waals surface area contributed by atoms with E-state index < -0.39 is 5.92 Å². The molecule has 1 aromatic carbocycles. The van der Waals surface area contributed by atoms with Crippen LogP contribution >= 0.6 is 27.5 Å². The molecule has 0 bridgehead atoms. The second-order valence-electron chi connectivity index (χ2n) is 3.06. The van der Waals surface area contributed by atoms with Crippen molar-refractivity contribution in [1.82, 2.24) is 4.37 Å². The van der Waals surface area contributed by atoms with Crippen molar-refractivity contribution in [3.8, 4) is 0 Å². The molecule has 1 heterocycles. The summed E-state index contributed by atoms with van der Waals surface area (Å²) in [5, 5.41) is 0.533. The number of hydrogen-bond donors (Lipinski definition) is 0. The van der Waals surface area contributed by atoms with E-state index in [-0.39, 0.29) is 5.69 Å². The molecule has 5 heteroatoms. The molecule has 0 saturated carbocycles. The molecule has 0 fully saturated rings. The SMILES string of the molecule is CC(F)(F)c1nsc2cc(Br)ccc12. The van der Waals surface area contributed by atoms with Crippen molar-refractivity contribution in [2.45, 2.75) is 12.8 Å². The summed E-state index contributed by atoms with van der Waals surface area (Å²) in [6.45, 7) is 0.865. The average molecular weight is 278 g/mol. The number of benzene rings is 1. The number of rotatable bonds is 1. The van der Waals surface area contributed by atoms with Crippen LogP contribution in [0.4, 0.5) is 8.78 Å². The maximum absolute atomic E-state index is 13.1. The lowest BCUT2D eigenvalue weighted by atomic mass is 10.1. The van der Waals surface area contributed by atoms with Crippen molar-refractivity contribution in [2.75, 3.05) is 0 Å². The summed E-state index contributed by atoms with van der Waals surface area (Å²) < 4.78 is 31.5. The first-order chi connectivity index (χ1) is 6.48. The lowest BCUT2D eigenvalue weighted by molar-refractivity contribution is 0.0154. The minimum atomic E-state index is -2.87. The molecule has 1 aromatic heterocycles. The quantitative estimate of drug-likeness (QED) is 0.762. The summed E-state index contributed by atoms with van der Waals surface area (Å²) in [6.07, 6.45) is 0. The number of fused-ring (bicyclic) bond motifs is 1. The topological polar surface area (TPSA) is 12.9 Å². The minimum Gasteiger partial charge on any atom is -0.200 e. The van der Waals surface area contributed by atoms with Crippen molar-refractivity contribution in [2.24, 2.45) is 0 Å². The third-order valence-corrected chi connectivity index (χ3v) is 3.15. The molecule has 0 spiro atoms. The van der Waals surface area contributed by atoms with Crippen molar-refractivity contribution >= 4 is 37.5 Å². The monoisotopic (exact) mass is 277 g/mol. The molecular formula is C9H6BrF2NS. The Kier molecular flexibility index (Phi) is 2.31. The van der Waals surface area contributed by atoms with E-state index in [2.05, 4.69) is 20.3 Å². The number of alkyl halides is 2. The van der Waals surface area contributed by atoms with Crippen molar-refractivity contribution < 1.29 is 8.78 Å². The van der Waals surface area contributed by atoms with Crippen LogP contribution in [0, 0.1) is 0 Å². The molecule has 0 unspecified atom stereocenters. The molecule has 2 aromatic rings. The maximum atomic E-state index is 13.1. The van der Waals surface area contributed by atoms with Crippen LogP contribution in [-0.2, 0) is 5.92 Å². The molecule has 0 N–H and O–H groups in total. The van der Waals surface area contributed by atoms with Gasteiger partial charge in [-0.25, -0.2) is 0 Å². The highest BCUT2D eigenvalue weighted by Gasteiger charge is 2.29. The Hall–Kier alpha value is -0.550. The van der Waals surface area contributed by atoms with Gasteiger partial charge in [-0.05, 0) is 23.7 Å². The van der Waals surface area contributed by atoms with Crippen LogP contribution in [0.3, 0.4) is 0 Å². The summed E-state index contributed by atoms with van der Waals surface area (Å²) in [7, 11) is 0. The van der Waals surface area contributed by atoms with Gasteiger partial charge in [-0.3, -0.25) is 0 Å². The lowest BCUT2D eigenvalue weighted by Gasteiger charge is -2.06. The Morgan fingerprint density at radius 2 is 2.14 bits per heavy atom. The first-order valence-electron chi connectivity index (χ1n) is 3.92.